The number of carbonyl (C=O) groups excluding carboxylic acids is 1. The fourth-order valence-corrected chi connectivity index (χ4v) is 2.74. The number of nitrogens with two attached hydrogens (primary N) is 1. The molecule has 0 radical (unpaired) electrons. The molecule has 1 fully saturated rings. The summed E-state index contributed by atoms with van der Waals surface area (Å²) in [4.78, 5) is 11.1. The Morgan fingerprint density at radius 3 is 2.78 bits per heavy atom. The van der Waals surface area contributed by atoms with Gasteiger partial charge in [0.1, 0.15) is 0 Å². The molecule has 2 rings (SSSR count). The van der Waals surface area contributed by atoms with Crippen LogP contribution in [0, 0.1) is 11.8 Å². The predicted molar refractivity (Wildman–Crippen MR) is 73.1 cm³/mol. The molecule has 0 aromatic heterocycles. The molecule has 3 atom stereocenters. The SMILES string of the molecule is CC1CCC(NCc2cccc(C(N)=O)c2)C1C. The minimum absolute atomic E-state index is 0.361. The van der Waals surface area contributed by atoms with Crippen LogP contribution in [-0.2, 0) is 6.54 Å². The second-order valence-electron chi connectivity index (χ2n) is 5.47. The molecule has 0 aliphatic heterocycles. The van der Waals surface area contributed by atoms with Crippen LogP contribution < -0.4 is 11.1 Å². The molecule has 98 valence electrons. The van der Waals surface area contributed by atoms with E-state index in [1.807, 2.05) is 18.2 Å². The standard InChI is InChI=1S/C15H22N2O/c1-10-6-7-14(11(10)2)17-9-12-4-3-5-13(8-12)15(16)18/h3-5,8,10-11,14,17H,6-7,9H2,1-2H3,(H2,16,18). The highest BCUT2D eigenvalue weighted by molar-refractivity contribution is 5.92. The van der Waals surface area contributed by atoms with Gasteiger partial charge >= 0.3 is 0 Å². The predicted octanol–water partition coefficient (Wildman–Crippen LogP) is 2.31. The van der Waals surface area contributed by atoms with Crippen molar-refractivity contribution in [2.45, 2.75) is 39.3 Å². The first-order valence-corrected chi connectivity index (χ1v) is 6.70. The van der Waals surface area contributed by atoms with Crippen LogP contribution in [0.25, 0.3) is 0 Å². The Hall–Kier alpha value is -1.35. The lowest BCUT2D eigenvalue weighted by Crippen LogP contribution is -2.31. The fourth-order valence-electron chi connectivity index (χ4n) is 2.74. The minimum Gasteiger partial charge on any atom is -0.366 e. The Morgan fingerprint density at radius 2 is 2.17 bits per heavy atom. The van der Waals surface area contributed by atoms with Gasteiger partial charge in [-0.15, -0.1) is 0 Å². The zero-order chi connectivity index (χ0) is 13.1. The first kappa shape index (κ1) is 13.1. The summed E-state index contributed by atoms with van der Waals surface area (Å²) in [5.41, 5.74) is 6.99. The number of amides is 1. The van der Waals surface area contributed by atoms with Gasteiger partial charge in [-0.05, 0) is 42.4 Å². The van der Waals surface area contributed by atoms with E-state index in [-0.39, 0.29) is 5.91 Å². The van der Waals surface area contributed by atoms with Gasteiger partial charge in [-0.25, -0.2) is 0 Å². The van der Waals surface area contributed by atoms with E-state index < -0.39 is 0 Å². The summed E-state index contributed by atoms with van der Waals surface area (Å²) in [5.74, 6) is 1.17. The smallest absolute Gasteiger partial charge is 0.248 e. The summed E-state index contributed by atoms with van der Waals surface area (Å²) in [6, 6.07) is 8.14. The average molecular weight is 246 g/mol. The Bertz CT molecular complexity index is 430. The molecule has 3 unspecified atom stereocenters. The van der Waals surface area contributed by atoms with Crippen molar-refractivity contribution in [1.29, 1.82) is 0 Å². The van der Waals surface area contributed by atoms with Gasteiger partial charge in [0.05, 0.1) is 0 Å². The highest BCUT2D eigenvalue weighted by Gasteiger charge is 2.28. The first-order chi connectivity index (χ1) is 8.58. The van der Waals surface area contributed by atoms with Crippen molar-refractivity contribution in [3.05, 3.63) is 35.4 Å². The summed E-state index contributed by atoms with van der Waals surface area (Å²) >= 11 is 0. The molecule has 1 amide bonds. The molecule has 18 heavy (non-hydrogen) atoms. The first-order valence-electron chi connectivity index (χ1n) is 6.70. The van der Waals surface area contributed by atoms with Crippen LogP contribution in [0.15, 0.2) is 24.3 Å². The highest BCUT2D eigenvalue weighted by atomic mass is 16.1. The maximum atomic E-state index is 11.1. The van der Waals surface area contributed by atoms with Crippen molar-refractivity contribution in [1.82, 2.24) is 5.32 Å². The summed E-state index contributed by atoms with van der Waals surface area (Å²) in [7, 11) is 0. The molecule has 1 aromatic carbocycles. The molecule has 0 spiro atoms. The zero-order valence-electron chi connectivity index (χ0n) is 11.1. The van der Waals surface area contributed by atoms with Crippen LogP contribution in [0.1, 0.15) is 42.6 Å². The maximum absolute atomic E-state index is 11.1. The molecule has 0 saturated heterocycles. The van der Waals surface area contributed by atoms with E-state index in [9.17, 15) is 4.79 Å². The van der Waals surface area contributed by atoms with Crippen molar-refractivity contribution < 1.29 is 4.79 Å². The lowest BCUT2D eigenvalue weighted by molar-refractivity contribution is 0.1000. The van der Waals surface area contributed by atoms with Crippen LogP contribution in [0.5, 0.6) is 0 Å². The molecule has 3 heteroatoms. The molecule has 1 saturated carbocycles. The van der Waals surface area contributed by atoms with Gasteiger partial charge < -0.3 is 11.1 Å². The highest BCUT2D eigenvalue weighted by Crippen LogP contribution is 2.31. The largest absolute Gasteiger partial charge is 0.366 e. The van der Waals surface area contributed by atoms with Gasteiger partial charge in [-0.2, -0.15) is 0 Å². The summed E-state index contributed by atoms with van der Waals surface area (Å²) in [6.07, 6.45) is 2.55. The van der Waals surface area contributed by atoms with E-state index in [4.69, 9.17) is 5.73 Å². The number of primary amides is 1. The Labute approximate surface area is 109 Å². The zero-order valence-corrected chi connectivity index (χ0v) is 11.1. The molecular formula is C15H22N2O. The van der Waals surface area contributed by atoms with Crippen LogP contribution in [-0.4, -0.2) is 11.9 Å². The van der Waals surface area contributed by atoms with Crippen LogP contribution in [0.3, 0.4) is 0 Å². The summed E-state index contributed by atoms with van der Waals surface area (Å²) in [6.45, 7) is 5.44. The molecule has 1 aliphatic carbocycles. The molecule has 1 aromatic rings. The van der Waals surface area contributed by atoms with E-state index in [2.05, 4.69) is 19.2 Å². The van der Waals surface area contributed by atoms with Gasteiger partial charge in [0.2, 0.25) is 5.91 Å². The van der Waals surface area contributed by atoms with E-state index >= 15 is 0 Å². The van der Waals surface area contributed by atoms with Crippen LogP contribution in [0.2, 0.25) is 0 Å². The van der Waals surface area contributed by atoms with Gasteiger partial charge in [0, 0.05) is 18.2 Å². The molecule has 0 bridgehead atoms. The van der Waals surface area contributed by atoms with Crippen molar-refractivity contribution in [3.63, 3.8) is 0 Å². The van der Waals surface area contributed by atoms with E-state index in [1.165, 1.54) is 12.8 Å². The molecule has 1 aliphatic rings. The quantitative estimate of drug-likeness (QED) is 0.856. The third kappa shape index (κ3) is 2.91. The van der Waals surface area contributed by atoms with Crippen LogP contribution in [0.4, 0.5) is 0 Å². The minimum atomic E-state index is -0.361. The van der Waals surface area contributed by atoms with E-state index in [1.54, 1.807) is 6.07 Å². The lowest BCUT2D eigenvalue weighted by atomic mass is 9.97. The van der Waals surface area contributed by atoms with Gasteiger partial charge in [0.15, 0.2) is 0 Å². The maximum Gasteiger partial charge on any atom is 0.248 e. The number of nitrogens with one attached hydrogen (secondary N) is 1. The normalized spacial score (nSPS) is 27.3. The van der Waals surface area contributed by atoms with Crippen LogP contribution >= 0.6 is 0 Å². The average Bonchev–Trinajstić information content (AvgIpc) is 2.68. The Kier molecular flexibility index (Phi) is 4.02. The number of benzene rings is 1. The number of hydrogen-bond acceptors (Lipinski definition) is 2. The van der Waals surface area contributed by atoms with Crippen molar-refractivity contribution >= 4 is 5.91 Å². The van der Waals surface area contributed by atoms with Gasteiger partial charge in [0.25, 0.3) is 0 Å². The van der Waals surface area contributed by atoms with Gasteiger partial charge in [-0.1, -0.05) is 26.0 Å². The summed E-state index contributed by atoms with van der Waals surface area (Å²) < 4.78 is 0. The van der Waals surface area contributed by atoms with Gasteiger partial charge in [-0.3, -0.25) is 4.79 Å². The molecule has 3 nitrogen and oxygen atoms in total. The third-order valence-corrected chi connectivity index (χ3v) is 4.25. The molecule has 3 N–H and O–H groups in total. The third-order valence-electron chi connectivity index (χ3n) is 4.25. The number of rotatable bonds is 4. The lowest BCUT2D eigenvalue weighted by Gasteiger charge is -2.19. The molecular weight excluding hydrogens is 224 g/mol. The van der Waals surface area contributed by atoms with E-state index in [0.717, 1.165) is 23.9 Å². The number of hydrogen-bond donors (Lipinski definition) is 2. The second-order valence-corrected chi connectivity index (χ2v) is 5.47. The number of carbonyl (C=O) groups is 1. The van der Waals surface area contributed by atoms with Crippen molar-refractivity contribution in [3.8, 4) is 0 Å². The van der Waals surface area contributed by atoms with Crippen molar-refractivity contribution in [2.24, 2.45) is 17.6 Å². The fraction of sp³-hybridized carbons (Fsp3) is 0.533. The Morgan fingerprint density at radius 1 is 1.39 bits per heavy atom. The Balaban J connectivity index is 1.94. The monoisotopic (exact) mass is 246 g/mol. The molecule has 0 heterocycles. The topological polar surface area (TPSA) is 55.1 Å². The van der Waals surface area contributed by atoms with E-state index in [0.29, 0.717) is 11.6 Å². The second kappa shape index (κ2) is 5.53. The summed E-state index contributed by atoms with van der Waals surface area (Å²) in [5, 5.41) is 3.59. The van der Waals surface area contributed by atoms with Crippen molar-refractivity contribution in [2.75, 3.05) is 0 Å².